The van der Waals surface area contributed by atoms with Gasteiger partial charge in [-0.05, 0) is 42.5 Å². The monoisotopic (exact) mass is 521 g/mol. The van der Waals surface area contributed by atoms with Gasteiger partial charge >= 0.3 is 11.4 Å². The molecule has 0 unspecified atom stereocenters. The van der Waals surface area contributed by atoms with Gasteiger partial charge < -0.3 is 8.83 Å². The Bertz CT molecular complexity index is 2380. The van der Waals surface area contributed by atoms with Gasteiger partial charge in [0, 0.05) is 21.7 Å². The maximum atomic E-state index is 14.5. The van der Waals surface area contributed by atoms with E-state index in [4.69, 9.17) is 8.83 Å². The van der Waals surface area contributed by atoms with Crippen molar-refractivity contribution in [3.05, 3.63) is 136 Å². The summed E-state index contributed by atoms with van der Waals surface area (Å²) in [6.07, 6.45) is 0. The van der Waals surface area contributed by atoms with Crippen LogP contribution < -0.4 is 11.4 Å². The molecule has 8 rings (SSSR count). The Labute approximate surface area is 225 Å². The second kappa shape index (κ2) is 8.41. The summed E-state index contributed by atoms with van der Waals surface area (Å²) in [5.41, 5.74) is 3.00. The highest BCUT2D eigenvalue weighted by molar-refractivity contribution is 6.12. The minimum Gasteiger partial charge on any atom is -0.456 e. The van der Waals surface area contributed by atoms with Gasteiger partial charge in [-0.2, -0.15) is 4.98 Å². The standard InChI is InChI=1S/C33H19N3O4/c37-32-34-31(23-14-8-18-27-29(23)21-12-4-6-16-25(21)39-27)35(20-10-2-1-3-11-20)33(38)36(32)24-15-9-19-28-30(24)22-13-5-7-17-26(22)40-28/h1-19H. The Balaban J connectivity index is 1.51. The Morgan fingerprint density at radius 2 is 1.10 bits per heavy atom. The second-order valence-corrected chi connectivity index (χ2v) is 9.53. The molecule has 0 bridgehead atoms. The van der Waals surface area contributed by atoms with Crippen molar-refractivity contribution in [1.82, 2.24) is 14.1 Å². The predicted molar refractivity (Wildman–Crippen MR) is 155 cm³/mol. The zero-order valence-corrected chi connectivity index (χ0v) is 20.9. The van der Waals surface area contributed by atoms with Crippen molar-refractivity contribution in [3.63, 3.8) is 0 Å². The number of benzene rings is 5. The lowest BCUT2D eigenvalue weighted by Crippen LogP contribution is -2.41. The van der Waals surface area contributed by atoms with E-state index in [1.165, 1.54) is 4.57 Å². The summed E-state index contributed by atoms with van der Waals surface area (Å²) >= 11 is 0. The van der Waals surface area contributed by atoms with Crippen LogP contribution in [0.25, 0.3) is 66.6 Å². The minimum atomic E-state index is -0.685. The molecule has 5 aromatic carbocycles. The molecule has 0 N–H and O–H groups in total. The third-order valence-corrected chi connectivity index (χ3v) is 7.27. The molecule has 0 amide bonds. The highest BCUT2D eigenvalue weighted by Gasteiger charge is 2.23. The molecule has 0 saturated carbocycles. The molecular formula is C33H19N3O4. The number of hydrogen-bond donors (Lipinski definition) is 0. The average molecular weight is 522 g/mol. The van der Waals surface area contributed by atoms with Crippen molar-refractivity contribution in [2.45, 2.75) is 0 Å². The quantitative estimate of drug-likeness (QED) is 0.254. The number of para-hydroxylation sites is 3. The molecular weight excluding hydrogens is 502 g/mol. The van der Waals surface area contributed by atoms with Crippen LogP contribution in [0.15, 0.2) is 134 Å². The first-order valence-electron chi connectivity index (χ1n) is 12.8. The summed E-state index contributed by atoms with van der Waals surface area (Å²) in [5.74, 6) is 0.235. The van der Waals surface area contributed by atoms with E-state index in [0.29, 0.717) is 44.7 Å². The molecule has 7 heteroatoms. The second-order valence-electron chi connectivity index (χ2n) is 9.53. The van der Waals surface area contributed by atoms with Gasteiger partial charge in [-0.1, -0.05) is 72.8 Å². The van der Waals surface area contributed by atoms with Crippen LogP contribution in [-0.4, -0.2) is 14.1 Å². The fourth-order valence-electron chi connectivity index (χ4n) is 5.56. The van der Waals surface area contributed by atoms with Gasteiger partial charge in [0.15, 0.2) is 5.82 Å². The van der Waals surface area contributed by atoms with E-state index in [9.17, 15) is 9.59 Å². The van der Waals surface area contributed by atoms with Crippen LogP contribution in [-0.2, 0) is 0 Å². The molecule has 0 saturated heterocycles. The summed E-state index contributed by atoms with van der Waals surface area (Å²) in [6.45, 7) is 0. The van der Waals surface area contributed by atoms with Gasteiger partial charge in [-0.3, -0.25) is 0 Å². The lowest BCUT2D eigenvalue weighted by atomic mass is 10.1. The van der Waals surface area contributed by atoms with Crippen molar-refractivity contribution in [3.8, 4) is 22.8 Å². The van der Waals surface area contributed by atoms with Gasteiger partial charge in [-0.15, -0.1) is 0 Å². The smallest absolute Gasteiger partial charge is 0.358 e. The van der Waals surface area contributed by atoms with Crippen LogP contribution >= 0.6 is 0 Å². The molecule has 3 aromatic heterocycles. The number of furan rings is 2. The zero-order chi connectivity index (χ0) is 26.8. The van der Waals surface area contributed by atoms with Crippen LogP contribution in [0.5, 0.6) is 0 Å². The first kappa shape index (κ1) is 22.3. The van der Waals surface area contributed by atoms with Crippen LogP contribution in [0, 0.1) is 0 Å². The first-order chi connectivity index (χ1) is 19.7. The normalized spacial score (nSPS) is 11.7. The molecule has 0 fully saturated rings. The number of aromatic nitrogens is 3. The van der Waals surface area contributed by atoms with Gasteiger partial charge in [0.05, 0.1) is 16.8 Å². The largest absolute Gasteiger partial charge is 0.456 e. The number of fused-ring (bicyclic) bond motifs is 6. The molecule has 190 valence electrons. The van der Waals surface area contributed by atoms with Gasteiger partial charge in [0.2, 0.25) is 0 Å². The van der Waals surface area contributed by atoms with Crippen LogP contribution in [0.2, 0.25) is 0 Å². The fraction of sp³-hybridized carbons (Fsp3) is 0. The Morgan fingerprint density at radius 1 is 0.525 bits per heavy atom. The molecule has 0 spiro atoms. The van der Waals surface area contributed by atoms with Crippen LogP contribution in [0.3, 0.4) is 0 Å². The van der Waals surface area contributed by atoms with Crippen molar-refractivity contribution in [1.29, 1.82) is 0 Å². The summed E-state index contributed by atoms with van der Waals surface area (Å²) in [7, 11) is 0. The third kappa shape index (κ3) is 3.15. The topological polar surface area (TPSA) is 83.2 Å². The molecule has 7 nitrogen and oxygen atoms in total. The van der Waals surface area contributed by atoms with Gasteiger partial charge in [0.1, 0.15) is 22.3 Å². The molecule has 0 aliphatic carbocycles. The van der Waals surface area contributed by atoms with E-state index in [1.807, 2.05) is 103 Å². The molecule has 0 aliphatic heterocycles. The lowest BCUT2D eigenvalue weighted by molar-refractivity contribution is 0.668. The van der Waals surface area contributed by atoms with E-state index >= 15 is 0 Å². The predicted octanol–water partition coefficient (Wildman–Crippen LogP) is 6.85. The van der Waals surface area contributed by atoms with E-state index < -0.39 is 11.4 Å². The van der Waals surface area contributed by atoms with E-state index in [0.717, 1.165) is 20.7 Å². The summed E-state index contributed by atoms with van der Waals surface area (Å²) in [5, 5.41) is 3.15. The zero-order valence-electron chi connectivity index (χ0n) is 20.9. The molecule has 0 atom stereocenters. The minimum absolute atomic E-state index is 0.235. The Morgan fingerprint density at radius 3 is 1.82 bits per heavy atom. The highest BCUT2D eigenvalue weighted by Crippen LogP contribution is 2.36. The van der Waals surface area contributed by atoms with Gasteiger partial charge in [-0.25, -0.2) is 18.7 Å². The van der Waals surface area contributed by atoms with Crippen LogP contribution in [0.1, 0.15) is 0 Å². The number of nitrogens with zero attached hydrogens (tertiary/aromatic N) is 3. The highest BCUT2D eigenvalue weighted by atomic mass is 16.3. The third-order valence-electron chi connectivity index (χ3n) is 7.27. The Hall–Kier alpha value is -5.69. The molecule has 0 aliphatic rings. The average Bonchev–Trinajstić information content (AvgIpc) is 3.56. The van der Waals surface area contributed by atoms with Crippen LogP contribution in [0.4, 0.5) is 0 Å². The van der Waals surface area contributed by atoms with E-state index in [2.05, 4.69) is 4.98 Å². The summed E-state index contributed by atoms with van der Waals surface area (Å²) in [6, 6.07) is 35.4. The number of rotatable bonds is 3. The maximum absolute atomic E-state index is 14.5. The van der Waals surface area contributed by atoms with Crippen molar-refractivity contribution in [2.24, 2.45) is 0 Å². The maximum Gasteiger partial charge on any atom is 0.358 e. The molecule has 40 heavy (non-hydrogen) atoms. The van der Waals surface area contributed by atoms with Crippen molar-refractivity contribution < 1.29 is 8.83 Å². The summed E-state index contributed by atoms with van der Waals surface area (Å²) in [4.78, 5) is 32.9. The Kier molecular flexibility index (Phi) is 4.69. The molecule has 8 aromatic rings. The number of hydrogen-bond acceptors (Lipinski definition) is 5. The van der Waals surface area contributed by atoms with Crippen molar-refractivity contribution >= 4 is 43.9 Å². The molecule has 0 radical (unpaired) electrons. The SMILES string of the molecule is O=c1nc(-c2cccc3oc4ccccc4c23)n(-c2ccccc2)c(=O)n1-c1cccc2oc3ccccc3c12. The van der Waals surface area contributed by atoms with E-state index in [-0.39, 0.29) is 5.82 Å². The molecule has 3 heterocycles. The van der Waals surface area contributed by atoms with Gasteiger partial charge in [0.25, 0.3) is 0 Å². The van der Waals surface area contributed by atoms with E-state index in [1.54, 1.807) is 12.1 Å². The fourth-order valence-corrected chi connectivity index (χ4v) is 5.56. The first-order valence-corrected chi connectivity index (χ1v) is 12.8. The summed E-state index contributed by atoms with van der Waals surface area (Å²) < 4.78 is 14.7. The lowest BCUT2D eigenvalue weighted by Gasteiger charge is -2.15. The van der Waals surface area contributed by atoms with Crippen molar-refractivity contribution in [2.75, 3.05) is 0 Å².